The number of nitrogens with zero attached hydrogens (tertiary/aromatic N) is 1. The zero-order valence-electron chi connectivity index (χ0n) is 15.1. The lowest BCUT2D eigenvalue weighted by atomic mass is 10.1. The van der Waals surface area contributed by atoms with Crippen LogP contribution < -0.4 is 5.32 Å². The van der Waals surface area contributed by atoms with Gasteiger partial charge in [-0.3, -0.25) is 4.79 Å². The highest BCUT2D eigenvalue weighted by Crippen LogP contribution is 2.26. The highest BCUT2D eigenvalue weighted by molar-refractivity contribution is 7.17. The van der Waals surface area contributed by atoms with Gasteiger partial charge in [0.05, 0.1) is 10.2 Å². The van der Waals surface area contributed by atoms with E-state index in [1.54, 1.807) is 11.3 Å². The Hall–Kier alpha value is -2.07. The van der Waals surface area contributed by atoms with E-state index in [1.807, 2.05) is 6.07 Å². The molecule has 1 N–H and O–H groups in total. The third-order valence-corrected chi connectivity index (χ3v) is 6.27. The van der Waals surface area contributed by atoms with Crippen molar-refractivity contribution >= 4 is 27.5 Å². The molecule has 4 heteroatoms. The molecule has 4 rings (SSSR count). The van der Waals surface area contributed by atoms with Crippen LogP contribution in [0, 0.1) is 0 Å². The molecule has 136 valence electrons. The average molecular weight is 367 g/mol. The van der Waals surface area contributed by atoms with Crippen LogP contribution in [0.5, 0.6) is 0 Å². The van der Waals surface area contributed by atoms with Crippen molar-refractivity contribution in [3.05, 3.63) is 59.1 Å². The van der Waals surface area contributed by atoms with E-state index in [0.29, 0.717) is 6.04 Å². The summed E-state index contributed by atoms with van der Waals surface area (Å²) in [5.74, 6) is 0.0911. The number of carbonyl (C=O) groups is 1. The molecular formula is C22H26N2OS. The lowest BCUT2D eigenvalue weighted by Gasteiger charge is -2.17. The van der Waals surface area contributed by atoms with Gasteiger partial charge in [-0.05, 0) is 42.3 Å². The first-order chi connectivity index (χ1) is 12.8. The Balaban J connectivity index is 1.54. The summed E-state index contributed by atoms with van der Waals surface area (Å²) < 4.78 is 3.40. The summed E-state index contributed by atoms with van der Waals surface area (Å²) in [6.45, 7) is 0.831. The number of benzene rings is 1. The summed E-state index contributed by atoms with van der Waals surface area (Å²) in [6.07, 6.45) is 8.23. The number of thiophene rings is 1. The SMILES string of the molecule is O=C(NC1CCCCCC1)c1cc2sccc2n1CCc1ccccc1. The summed E-state index contributed by atoms with van der Waals surface area (Å²) in [4.78, 5) is 13.0. The van der Waals surface area contributed by atoms with E-state index < -0.39 is 0 Å². The zero-order valence-corrected chi connectivity index (χ0v) is 15.9. The fourth-order valence-corrected chi connectivity index (χ4v) is 4.80. The molecule has 1 aromatic carbocycles. The van der Waals surface area contributed by atoms with Crippen molar-refractivity contribution in [1.82, 2.24) is 9.88 Å². The molecular weight excluding hydrogens is 340 g/mol. The maximum Gasteiger partial charge on any atom is 0.268 e. The minimum Gasteiger partial charge on any atom is -0.348 e. The lowest BCUT2D eigenvalue weighted by Crippen LogP contribution is -2.35. The predicted octanol–water partition coefficient (Wildman–Crippen LogP) is 5.40. The second-order valence-corrected chi connectivity index (χ2v) is 8.20. The number of hydrogen-bond acceptors (Lipinski definition) is 2. The summed E-state index contributed by atoms with van der Waals surface area (Å²) in [7, 11) is 0. The van der Waals surface area contributed by atoms with Crippen LogP contribution in [0.1, 0.15) is 54.6 Å². The van der Waals surface area contributed by atoms with E-state index in [2.05, 4.69) is 51.7 Å². The zero-order chi connectivity index (χ0) is 17.8. The Morgan fingerprint density at radius 3 is 2.62 bits per heavy atom. The summed E-state index contributed by atoms with van der Waals surface area (Å²) in [5, 5.41) is 5.42. The number of fused-ring (bicyclic) bond motifs is 1. The topological polar surface area (TPSA) is 34.0 Å². The van der Waals surface area contributed by atoms with Crippen molar-refractivity contribution in [2.45, 2.75) is 57.5 Å². The van der Waals surface area contributed by atoms with Crippen molar-refractivity contribution in [3.63, 3.8) is 0 Å². The summed E-state index contributed by atoms with van der Waals surface area (Å²) in [5.41, 5.74) is 3.30. The summed E-state index contributed by atoms with van der Waals surface area (Å²) in [6, 6.07) is 15.0. The normalized spacial score (nSPS) is 15.8. The molecule has 2 heterocycles. The van der Waals surface area contributed by atoms with Crippen molar-refractivity contribution in [2.24, 2.45) is 0 Å². The molecule has 0 radical (unpaired) electrons. The molecule has 1 amide bonds. The van der Waals surface area contributed by atoms with Gasteiger partial charge in [0, 0.05) is 12.6 Å². The molecule has 3 aromatic rings. The number of nitrogens with one attached hydrogen (secondary N) is 1. The van der Waals surface area contributed by atoms with Gasteiger partial charge in [0.2, 0.25) is 0 Å². The van der Waals surface area contributed by atoms with Crippen LogP contribution in [0.15, 0.2) is 47.8 Å². The molecule has 1 saturated carbocycles. The number of aromatic nitrogens is 1. The Labute approximate surface area is 159 Å². The molecule has 0 atom stereocenters. The second-order valence-electron chi connectivity index (χ2n) is 7.25. The fourth-order valence-electron chi connectivity index (χ4n) is 3.97. The number of amides is 1. The number of aryl methyl sites for hydroxylation is 2. The van der Waals surface area contributed by atoms with E-state index in [-0.39, 0.29) is 5.91 Å². The van der Waals surface area contributed by atoms with Crippen LogP contribution >= 0.6 is 11.3 Å². The van der Waals surface area contributed by atoms with Gasteiger partial charge in [0.1, 0.15) is 5.69 Å². The van der Waals surface area contributed by atoms with Gasteiger partial charge in [0.15, 0.2) is 0 Å². The van der Waals surface area contributed by atoms with Crippen LogP contribution in [0.3, 0.4) is 0 Å². The molecule has 2 aromatic heterocycles. The third kappa shape index (κ3) is 3.85. The van der Waals surface area contributed by atoms with Gasteiger partial charge < -0.3 is 9.88 Å². The minimum absolute atomic E-state index is 0.0911. The average Bonchev–Trinajstić information content (AvgIpc) is 3.15. The molecule has 0 unspecified atom stereocenters. The highest BCUT2D eigenvalue weighted by Gasteiger charge is 2.20. The first-order valence-corrected chi connectivity index (χ1v) is 10.6. The van der Waals surface area contributed by atoms with Crippen molar-refractivity contribution in [3.8, 4) is 0 Å². The van der Waals surface area contributed by atoms with Gasteiger partial charge in [-0.1, -0.05) is 56.0 Å². The number of hydrogen-bond donors (Lipinski definition) is 1. The molecule has 0 saturated heterocycles. The number of rotatable bonds is 5. The fraction of sp³-hybridized carbons (Fsp3) is 0.409. The van der Waals surface area contributed by atoms with Crippen LogP contribution in [-0.2, 0) is 13.0 Å². The van der Waals surface area contributed by atoms with Crippen molar-refractivity contribution in [1.29, 1.82) is 0 Å². The van der Waals surface area contributed by atoms with E-state index >= 15 is 0 Å². The van der Waals surface area contributed by atoms with Crippen LogP contribution in [-0.4, -0.2) is 16.5 Å². The van der Waals surface area contributed by atoms with Crippen LogP contribution in [0.4, 0.5) is 0 Å². The molecule has 26 heavy (non-hydrogen) atoms. The van der Waals surface area contributed by atoms with Gasteiger partial charge in [0.25, 0.3) is 5.91 Å². The lowest BCUT2D eigenvalue weighted by molar-refractivity contribution is 0.0924. The van der Waals surface area contributed by atoms with Crippen molar-refractivity contribution in [2.75, 3.05) is 0 Å². The molecule has 0 aliphatic heterocycles. The Morgan fingerprint density at radius 1 is 1.08 bits per heavy atom. The molecule has 3 nitrogen and oxygen atoms in total. The largest absolute Gasteiger partial charge is 0.348 e. The van der Waals surface area contributed by atoms with E-state index in [0.717, 1.165) is 31.5 Å². The minimum atomic E-state index is 0.0911. The summed E-state index contributed by atoms with van der Waals surface area (Å²) >= 11 is 1.71. The number of carbonyl (C=O) groups excluding carboxylic acids is 1. The Kier molecular flexibility index (Phi) is 5.40. The quantitative estimate of drug-likeness (QED) is 0.603. The first kappa shape index (κ1) is 17.3. The Bertz CT molecular complexity index is 857. The maximum absolute atomic E-state index is 13.0. The smallest absolute Gasteiger partial charge is 0.268 e. The van der Waals surface area contributed by atoms with Crippen LogP contribution in [0.25, 0.3) is 10.2 Å². The van der Waals surface area contributed by atoms with Crippen LogP contribution in [0.2, 0.25) is 0 Å². The molecule has 1 aliphatic rings. The Morgan fingerprint density at radius 2 is 1.85 bits per heavy atom. The predicted molar refractivity (Wildman–Crippen MR) is 109 cm³/mol. The highest BCUT2D eigenvalue weighted by atomic mass is 32.1. The van der Waals surface area contributed by atoms with Gasteiger partial charge >= 0.3 is 0 Å². The standard InChI is InChI=1S/C22H26N2OS/c25-22(23-18-10-6-1-2-7-11-18)20-16-21-19(13-15-26-21)24(20)14-12-17-8-4-3-5-9-17/h3-5,8-9,13,15-16,18H,1-2,6-7,10-12,14H2,(H,23,25). The van der Waals surface area contributed by atoms with Crippen molar-refractivity contribution < 1.29 is 4.79 Å². The molecule has 0 bridgehead atoms. The van der Waals surface area contributed by atoms with E-state index in [4.69, 9.17) is 0 Å². The van der Waals surface area contributed by atoms with E-state index in [1.165, 1.54) is 41.5 Å². The maximum atomic E-state index is 13.0. The molecule has 1 aliphatic carbocycles. The first-order valence-electron chi connectivity index (χ1n) is 9.73. The second kappa shape index (κ2) is 8.09. The third-order valence-electron chi connectivity index (χ3n) is 5.41. The van der Waals surface area contributed by atoms with Gasteiger partial charge in [-0.25, -0.2) is 0 Å². The molecule has 1 fully saturated rings. The monoisotopic (exact) mass is 366 g/mol. The van der Waals surface area contributed by atoms with E-state index in [9.17, 15) is 4.79 Å². The van der Waals surface area contributed by atoms with Gasteiger partial charge in [-0.15, -0.1) is 11.3 Å². The van der Waals surface area contributed by atoms with Gasteiger partial charge in [-0.2, -0.15) is 0 Å². The molecule has 0 spiro atoms.